The number of hydrogen-bond donors (Lipinski definition) is 1. The number of carbonyl (C=O) groups is 1. The Morgan fingerprint density at radius 2 is 2.03 bits per heavy atom. The van der Waals surface area contributed by atoms with Crippen LogP contribution < -0.4 is 17.0 Å². The van der Waals surface area contributed by atoms with Crippen LogP contribution in [-0.2, 0) is 23.1 Å². The van der Waals surface area contributed by atoms with Crippen molar-refractivity contribution in [3.63, 3.8) is 0 Å². The lowest BCUT2D eigenvalue weighted by molar-refractivity contribution is -0.0486. The fraction of sp³-hybridized carbons (Fsp3) is 0.370. The van der Waals surface area contributed by atoms with Gasteiger partial charge in [-0.1, -0.05) is 31.4 Å². The average Bonchev–Trinajstić information content (AvgIpc) is 3.19. The third-order valence-corrected chi connectivity index (χ3v) is 6.09. The summed E-state index contributed by atoms with van der Waals surface area (Å²) in [7, 11) is 1.63. The molecule has 3 aromatic rings. The Bertz CT molecular complexity index is 1590. The molecule has 2 N–H and O–H groups in total. The standard InChI is InChI=1S/C27H33N7O5/c1-7-9-17(8-2)22-21(18-10-11-20(35)31(6)14-18)23-30-33(25(36)34(23)24(28)29-22)16-19-15-32(12-13-38-19)26(37)39-27(3,4)5/h7-11,14,19H,1-2,12-13,15-16H2,3-6H3,(H2,28,29)/b17-9+. The van der Waals surface area contributed by atoms with Gasteiger partial charge in [0.2, 0.25) is 11.5 Å². The lowest BCUT2D eigenvalue weighted by Crippen LogP contribution is -2.49. The van der Waals surface area contributed by atoms with Gasteiger partial charge in [-0.2, -0.15) is 0 Å². The van der Waals surface area contributed by atoms with Gasteiger partial charge in [-0.25, -0.2) is 23.7 Å². The number of nitrogen functional groups attached to an aromatic ring is 1. The van der Waals surface area contributed by atoms with E-state index >= 15 is 0 Å². The number of ether oxygens (including phenoxy) is 2. The number of fused-ring (bicyclic) bond motifs is 1. The molecular weight excluding hydrogens is 502 g/mol. The van der Waals surface area contributed by atoms with E-state index in [1.54, 1.807) is 63.2 Å². The maximum absolute atomic E-state index is 13.5. The second kappa shape index (κ2) is 10.7. The van der Waals surface area contributed by atoms with Crippen molar-refractivity contribution in [1.82, 2.24) is 28.6 Å². The van der Waals surface area contributed by atoms with Gasteiger partial charge in [0, 0.05) is 37.0 Å². The minimum absolute atomic E-state index is 0.0676. The summed E-state index contributed by atoms with van der Waals surface area (Å²) < 4.78 is 15.2. The monoisotopic (exact) mass is 535 g/mol. The molecule has 1 saturated heterocycles. The minimum atomic E-state index is -0.632. The largest absolute Gasteiger partial charge is 0.444 e. The second-order valence-corrected chi connectivity index (χ2v) is 10.2. The van der Waals surface area contributed by atoms with Gasteiger partial charge in [-0.15, -0.1) is 5.10 Å². The van der Waals surface area contributed by atoms with E-state index < -0.39 is 23.5 Å². The zero-order chi connectivity index (χ0) is 28.5. The molecule has 0 bridgehead atoms. The molecule has 1 aliphatic rings. The Hall–Kier alpha value is -4.45. The third-order valence-electron chi connectivity index (χ3n) is 6.09. The highest BCUT2D eigenvalue weighted by Crippen LogP contribution is 2.32. The van der Waals surface area contributed by atoms with E-state index in [4.69, 9.17) is 15.2 Å². The van der Waals surface area contributed by atoms with Crippen LogP contribution in [0.3, 0.4) is 0 Å². The molecule has 1 amide bonds. The molecule has 4 rings (SSSR count). The smallest absolute Gasteiger partial charge is 0.410 e. The molecule has 1 aliphatic heterocycles. The molecule has 0 aromatic carbocycles. The fourth-order valence-electron chi connectivity index (χ4n) is 4.32. The minimum Gasteiger partial charge on any atom is -0.444 e. The number of anilines is 1. The van der Waals surface area contributed by atoms with Gasteiger partial charge in [-0.05, 0) is 26.8 Å². The van der Waals surface area contributed by atoms with Crippen molar-refractivity contribution in [2.45, 2.75) is 39.0 Å². The van der Waals surface area contributed by atoms with Crippen LogP contribution in [0.15, 0.2) is 59.3 Å². The number of allylic oxidation sites excluding steroid dienone is 4. The zero-order valence-corrected chi connectivity index (χ0v) is 22.6. The van der Waals surface area contributed by atoms with Gasteiger partial charge in [-0.3, -0.25) is 4.79 Å². The van der Waals surface area contributed by atoms with Crippen LogP contribution in [0, 0.1) is 0 Å². The number of pyridine rings is 1. The molecule has 1 fully saturated rings. The van der Waals surface area contributed by atoms with E-state index in [1.807, 2.05) is 0 Å². The number of aryl methyl sites for hydroxylation is 1. The number of carbonyl (C=O) groups excluding carboxylic acids is 1. The van der Waals surface area contributed by atoms with Gasteiger partial charge in [0.25, 0.3) is 0 Å². The number of morpholine rings is 1. The van der Waals surface area contributed by atoms with Crippen molar-refractivity contribution < 1.29 is 14.3 Å². The molecule has 0 aliphatic carbocycles. The van der Waals surface area contributed by atoms with Gasteiger partial charge < -0.3 is 24.7 Å². The highest BCUT2D eigenvalue weighted by molar-refractivity contribution is 5.91. The number of rotatable bonds is 6. The molecule has 39 heavy (non-hydrogen) atoms. The summed E-state index contributed by atoms with van der Waals surface area (Å²) >= 11 is 0. The topological polar surface area (TPSA) is 139 Å². The van der Waals surface area contributed by atoms with E-state index in [0.29, 0.717) is 28.9 Å². The van der Waals surface area contributed by atoms with Crippen LogP contribution in [-0.4, -0.2) is 66.1 Å². The maximum Gasteiger partial charge on any atom is 0.410 e. The molecule has 0 spiro atoms. The summed E-state index contributed by atoms with van der Waals surface area (Å²) in [6, 6.07) is 3.06. The van der Waals surface area contributed by atoms with Crippen molar-refractivity contribution >= 4 is 23.3 Å². The van der Waals surface area contributed by atoms with Gasteiger partial charge >= 0.3 is 11.8 Å². The Morgan fingerprint density at radius 1 is 1.28 bits per heavy atom. The molecule has 0 saturated carbocycles. The molecule has 12 heteroatoms. The number of nitrogens with two attached hydrogens (primary N) is 1. The summed E-state index contributed by atoms with van der Waals surface area (Å²) in [6.07, 6.45) is 5.59. The number of hydrogen-bond acceptors (Lipinski definition) is 8. The quantitative estimate of drug-likeness (QED) is 0.474. The first-order valence-electron chi connectivity index (χ1n) is 12.4. The number of aromatic nitrogens is 5. The van der Waals surface area contributed by atoms with Gasteiger partial charge in [0.15, 0.2) is 5.65 Å². The summed E-state index contributed by atoms with van der Waals surface area (Å²) in [5.74, 6) is -0.0680. The molecule has 4 heterocycles. The Kier molecular flexibility index (Phi) is 7.59. The van der Waals surface area contributed by atoms with Crippen molar-refractivity contribution in [1.29, 1.82) is 0 Å². The van der Waals surface area contributed by atoms with E-state index in [2.05, 4.69) is 23.2 Å². The van der Waals surface area contributed by atoms with Crippen LogP contribution in [0.25, 0.3) is 22.3 Å². The van der Waals surface area contributed by atoms with Crippen molar-refractivity contribution in [2.24, 2.45) is 7.05 Å². The van der Waals surface area contributed by atoms with Crippen LogP contribution >= 0.6 is 0 Å². The summed E-state index contributed by atoms with van der Waals surface area (Å²) in [5.41, 5.74) is 7.30. The third kappa shape index (κ3) is 5.70. The van der Waals surface area contributed by atoms with E-state index in [-0.39, 0.29) is 36.9 Å². The highest BCUT2D eigenvalue weighted by atomic mass is 16.6. The van der Waals surface area contributed by atoms with E-state index in [0.717, 1.165) is 0 Å². The summed E-state index contributed by atoms with van der Waals surface area (Å²) in [6.45, 7) is 14.0. The fourth-order valence-corrected chi connectivity index (χ4v) is 4.32. The lowest BCUT2D eigenvalue weighted by atomic mass is 10.0. The lowest BCUT2D eigenvalue weighted by Gasteiger charge is -2.34. The van der Waals surface area contributed by atoms with E-state index in [9.17, 15) is 14.4 Å². The molecule has 12 nitrogen and oxygen atoms in total. The molecule has 206 valence electrons. The van der Waals surface area contributed by atoms with Gasteiger partial charge in [0.05, 0.1) is 37.1 Å². The first kappa shape index (κ1) is 27.6. The first-order valence-corrected chi connectivity index (χ1v) is 12.4. The van der Waals surface area contributed by atoms with Crippen LogP contribution in [0.4, 0.5) is 10.7 Å². The summed E-state index contributed by atoms with van der Waals surface area (Å²) in [4.78, 5) is 44.2. The zero-order valence-electron chi connectivity index (χ0n) is 22.6. The van der Waals surface area contributed by atoms with Crippen molar-refractivity contribution in [3.05, 3.63) is 76.2 Å². The second-order valence-electron chi connectivity index (χ2n) is 10.2. The molecular formula is C27H33N7O5. The maximum atomic E-state index is 13.5. The highest BCUT2D eigenvalue weighted by Gasteiger charge is 2.30. The van der Waals surface area contributed by atoms with E-state index in [1.165, 1.54) is 19.7 Å². The molecule has 1 atom stereocenters. The average molecular weight is 536 g/mol. The van der Waals surface area contributed by atoms with Crippen molar-refractivity contribution in [2.75, 3.05) is 25.4 Å². The Balaban J connectivity index is 1.81. The van der Waals surface area contributed by atoms with Crippen LogP contribution in [0.5, 0.6) is 0 Å². The van der Waals surface area contributed by atoms with Crippen LogP contribution in [0.2, 0.25) is 0 Å². The number of nitrogens with zero attached hydrogens (tertiary/aromatic N) is 6. The van der Waals surface area contributed by atoms with Crippen LogP contribution in [0.1, 0.15) is 26.5 Å². The Morgan fingerprint density at radius 3 is 2.67 bits per heavy atom. The predicted octanol–water partition coefficient (Wildman–Crippen LogP) is 2.23. The predicted molar refractivity (Wildman–Crippen MR) is 148 cm³/mol. The number of amides is 1. The summed E-state index contributed by atoms with van der Waals surface area (Å²) in [5, 5.41) is 4.62. The first-order chi connectivity index (χ1) is 18.4. The van der Waals surface area contributed by atoms with Crippen molar-refractivity contribution in [3.8, 4) is 11.1 Å². The van der Waals surface area contributed by atoms with Gasteiger partial charge in [0.1, 0.15) is 5.60 Å². The molecule has 0 radical (unpaired) electrons. The molecule has 1 unspecified atom stereocenters. The normalized spacial score (nSPS) is 16.4. The molecule has 3 aromatic heterocycles. The SMILES string of the molecule is C=C/C=C(\C=C)c1nc(N)n2c(=O)n(CC3CN(C(=O)OC(C)(C)C)CCO3)nc2c1-c1ccc(=O)n(C)c1. The Labute approximate surface area is 225 Å².